The number of aliphatic carboxylic acids is 1. The minimum atomic E-state index is -1.31. The Morgan fingerprint density at radius 2 is 2.30 bits per heavy atom. The molecular formula is C16H17N3O4. The second-order valence-electron chi connectivity index (χ2n) is 4.94. The molecule has 0 aromatic carbocycles. The number of fused-ring (bicyclic) bond motifs is 1. The average Bonchev–Trinajstić information content (AvgIpc) is 2.83. The van der Waals surface area contributed by atoms with E-state index in [1.54, 1.807) is 35.7 Å². The lowest BCUT2D eigenvalue weighted by Crippen LogP contribution is -2.06. The molecule has 0 unspecified atom stereocenters. The molecule has 23 heavy (non-hydrogen) atoms. The van der Waals surface area contributed by atoms with E-state index in [0.717, 1.165) is 0 Å². The molecule has 0 radical (unpaired) electrons. The van der Waals surface area contributed by atoms with Gasteiger partial charge in [-0.05, 0) is 39.0 Å². The van der Waals surface area contributed by atoms with E-state index in [9.17, 15) is 4.79 Å². The Morgan fingerprint density at radius 3 is 2.87 bits per heavy atom. The molecule has 0 saturated heterocycles. The second kappa shape index (κ2) is 6.83. The summed E-state index contributed by atoms with van der Waals surface area (Å²) < 4.78 is 12.8. The number of ether oxygens (including phenoxy) is 2. The van der Waals surface area contributed by atoms with E-state index < -0.39 is 11.5 Å². The Morgan fingerprint density at radius 1 is 1.57 bits per heavy atom. The van der Waals surface area contributed by atoms with Gasteiger partial charge in [0.1, 0.15) is 17.3 Å². The van der Waals surface area contributed by atoms with Gasteiger partial charge < -0.3 is 14.6 Å². The van der Waals surface area contributed by atoms with Crippen LogP contribution in [0, 0.1) is 11.3 Å². The number of rotatable bonds is 6. The normalized spacial score (nSPS) is 11.5. The van der Waals surface area contributed by atoms with Crippen molar-refractivity contribution < 1.29 is 19.4 Å². The third kappa shape index (κ3) is 3.43. The third-order valence-electron chi connectivity index (χ3n) is 2.89. The van der Waals surface area contributed by atoms with Gasteiger partial charge in [0.25, 0.3) is 0 Å². The molecule has 7 heteroatoms. The van der Waals surface area contributed by atoms with Gasteiger partial charge in [0, 0.05) is 6.20 Å². The van der Waals surface area contributed by atoms with Crippen LogP contribution in [0.5, 0.6) is 11.6 Å². The maximum atomic E-state index is 11.1. The zero-order valence-corrected chi connectivity index (χ0v) is 13.1. The highest BCUT2D eigenvalue weighted by molar-refractivity contribution is 5.96. The summed E-state index contributed by atoms with van der Waals surface area (Å²) in [6.45, 7) is 5.95. The van der Waals surface area contributed by atoms with Gasteiger partial charge in [0.2, 0.25) is 5.88 Å². The molecule has 0 bridgehead atoms. The van der Waals surface area contributed by atoms with Crippen molar-refractivity contribution in [1.29, 1.82) is 5.26 Å². The molecule has 2 rings (SSSR count). The van der Waals surface area contributed by atoms with Crippen LogP contribution in [0.15, 0.2) is 23.9 Å². The Balaban J connectivity index is 2.69. The predicted octanol–water partition coefficient (Wildman–Crippen LogP) is 2.51. The summed E-state index contributed by atoms with van der Waals surface area (Å²) in [6, 6.07) is 5.18. The molecule has 0 aliphatic heterocycles. The van der Waals surface area contributed by atoms with Gasteiger partial charge in [-0.3, -0.25) is 4.40 Å². The lowest BCUT2D eigenvalue weighted by atomic mass is 10.2. The summed E-state index contributed by atoms with van der Waals surface area (Å²) in [5.41, 5.74) is 0.483. The highest BCUT2D eigenvalue weighted by Crippen LogP contribution is 2.28. The predicted molar refractivity (Wildman–Crippen MR) is 83.4 cm³/mol. The highest BCUT2D eigenvalue weighted by Gasteiger charge is 2.18. The van der Waals surface area contributed by atoms with E-state index in [1.165, 1.54) is 6.08 Å². The van der Waals surface area contributed by atoms with E-state index in [4.69, 9.17) is 19.8 Å². The number of carbonyl (C=O) groups is 1. The van der Waals surface area contributed by atoms with Crippen molar-refractivity contribution in [2.45, 2.75) is 26.9 Å². The van der Waals surface area contributed by atoms with E-state index in [-0.39, 0.29) is 12.0 Å². The maximum Gasteiger partial charge on any atom is 0.346 e. The van der Waals surface area contributed by atoms with E-state index in [1.807, 2.05) is 13.8 Å². The molecule has 0 aliphatic rings. The topological polar surface area (TPSA) is 96.9 Å². The molecule has 0 spiro atoms. The van der Waals surface area contributed by atoms with Crippen molar-refractivity contribution in [3.8, 4) is 17.7 Å². The van der Waals surface area contributed by atoms with Gasteiger partial charge in [-0.15, -0.1) is 0 Å². The molecule has 2 aromatic heterocycles. The van der Waals surface area contributed by atoms with Gasteiger partial charge in [-0.2, -0.15) is 10.2 Å². The van der Waals surface area contributed by atoms with Gasteiger partial charge >= 0.3 is 5.97 Å². The fourth-order valence-electron chi connectivity index (χ4n) is 2.04. The van der Waals surface area contributed by atoms with Crippen LogP contribution >= 0.6 is 0 Å². The Labute approximate surface area is 133 Å². The first kappa shape index (κ1) is 16.4. The number of carboxylic acid groups (broad SMARTS) is 1. The SMILES string of the molecule is CCOc1nc2c(OC(C)C)cccn2c1C=C(C#N)C(=O)O. The number of aromatic nitrogens is 2. The van der Waals surface area contributed by atoms with Crippen molar-refractivity contribution >= 4 is 17.7 Å². The molecule has 2 aromatic rings. The second-order valence-corrected chi connectivity index (χ2v) is 4.94. The molecule has 7 nitrogen and oxygen atoms in total. The molecule has 0 saturated carbocycles. The third-order valence-corrected chi connectivity index (χ3v) is 2.89. The number of carboxylic acids is 1. The molecule has 120 valence electrons. The van der Waals surface area contributed by atoms with Crippen LogP contribution in [0.4, 0.5) is 0 Å². The molecule has 0 atom stereocenters. The van der Waals surface area contributed by atoms with Crippen LogP contribution in [0.3, 0.4) is 0 Å². The number of imidazole rings is 1. The van der Waals surface area contributed by atoms with Gasteiger partial charge in [0.15, 0.2) is 11.4 Å². The highest BCUT2D eigenvalue weighted by atomic mass is 16.5. The van der Waals surface area contributed by atoms with Gasteiger partial charge in [-0.25, -0.2) is 4.79 Å². The number of hydrogen-bond donors (Lipinski definition) is 1. The number of hydrogen-bond acceptors (Lipinski definition) is 5. The summed E-state index contributed by atoms with van der Waals surface area (Å²) in [5, 5.41) is 18.0. The Bertz CT molecular complexity index is 799. The minimum Gasteiger partial charge on any atom is -0.487 e. The molecule has 2 heterocycles. The number of pyridine rings is 1. The maximum absolute atomic E-state index is 11.1. The van der Waals surface area contributed by atoms with Crippen LogP contribution in [0.2, 0.25) is 0 Å². The molecule has 0 fully saturated rings. The average molecular weight is 315 g/mol. The van der Waals surface area contributed by atoms with Gasteiger partial charge in [-0.1, -0.05) is 0 Å². The summed E-state index contributed by atoms with van der Waals surface area (Å²) >= 11 is 0. The van der Waals surface area contributed by atoms with Crippen LogP contribution in [-0.2, 0) is 4.79 Å². The fraction of sp³-hybridized carbons (Fsp3) is 0.312. The number of nitriles is 1. The fourth-order valence-corrected chi connectivity index (χ4v) is 2.04. The summed E-state index contributed by atoms with van der Waals surface area (Å²) in [6.07, 6.45) is 2.91. The van der Waals surface area contributed by atoms with Crippen molar-refractivity contribution in [3.05, 3.63) is 29.6 Å². The first-order chi connectivity index (χ1) is 11.0. The van der Waals surface area contributed by atoms with E-state index in [0.29, 0.717) is 23.7 Å². The quantitative estimate of drug-likeness (QED) is 0.650. The Hall–Kier alpha value is -3.01. The zero-order valence-electron chi connectivity index (χ0n) is 13.1. The standard InChI is InChI=1S/C16H17N3O4/c1-4-22-15-12(8-11(9-17)16(20)21)19-7-5-6-13(14(19)18-15)23-10(2)3/h5-8,10H,4H2,1-3H3,(H,20,21). The van der Waals surface area contributed by atoms with Crippen LogP contribution in [0.25, 0.3) is 11.7 Å². The van der Waals surface area contributed by atoms with Crippen molar-refractivity contribution in [3.63, 3.8) is 0 Å². The molecule has 0 aliphatic carbocycles. The first-order valence-corrected chi connectivity index (χ1v) is 7.13. The van der Waals surface area contributed by atoms with Crippen molar-refractivity contribution in [2.24, 2.45) is 0 Å². The van der Waals surface area contributed by atoms with Crippen molar-refractivity contribution in [1.82, 2.24) is 9.38 Å². The summed E-state index contributed by atoms with van der Waals surface area (Å²) in [4.78, 5) is 15.5. The van der Waals surface area contributed by atoms with Gasteiger partial charge in [0.05, 0.1) is 12.7 Å². The lowest BCUT2D eigenvalue weighted by molar-refractivity contribution is -0.132. The van der Waals surface area contributed by atoms with E-state index in [2.05, 4.69) is 4.98 Å². The number of nitrogens with zero attached hydrogens (tertiary/aromatic N) is 3. The van der Waals surface area contributed by atoms with Crippen molar-refractivity contribution in [2.75, 3.05) is 6.61 Å². The lowest BCUT2D eigenvalue weighted by Gasteiger charge is -2.10. The van der Waals surface area contributed by atoms with Crippen LogP contribution in [-0.4, -0.2) is 33.2 Å². The molecule has 1 N–H and O–H groups in total. The van der Waals surface area contributed by atoms with E-state index >= 15 is 0 Å². The monoisotopic (exact) mass is 315 g/mol. The molecule has 0 amide bonds. The first-order valence-electron chi connectivity index (χ1n) is 7.13. The van der Waals surface area contributed by atoms with Crippen LogP contribution in [0.1, 0.15) is 26.5 Å². The van der Waals surface area contributed by atoms with Crippen LogP contribution < -0.4 is 9.47 Å². The largest absolute Gasteiger partial charge is 0.487 e. The Kier molecular flexibility index (Phi) is 4.86. The minimum absolute atomic E-state index is 0.0406. The summed E-state index contributed by atoms with van der Waals surface area (Å²) in [7, 11) is 0. The molecular weight excluding hydrogens is 298 g/mol. The summed E-state index contributed by atoms with van der Waals surface area (Å²) in [5.74, 6) is -0.502. The smallest absolute Gasteiger partial charge is 0.346 e. The zero-order chi connectivity index (χ0) is 17.0.